The summed E-state index contributed by atoms with van der Waals surface area (Å²) in [5.41, 5.74) is -0.471. The first-order valence-corrected chi connectivity index (χ1v) is 9.03. The number of halogens is 2. The van der Waals surface area contributed by atoms with Crippen LogP contribution in [0.15, 0.2) is 36.4 Å². The lowest BCUT2D eigenvalue weighted by atomic mass is 10.2. The number of carboxylic acid groups (broad SMARTS) is 1. The minimum absolute atomic E-state index is 0.304. The van der Waals surface area contributed by atoms with Crippen molar-refractivity contribution < 1.29 is 23.9 Å². The number of carboxylic acids is 1. The zero-order chi connectivity index (χ0) is 19.3. The summed E-state index contributed by atoms with van der Waals surface area (Å²) >= 11 is 12.0. The van der Waals surface area contributed by atoms with Gasteiger partial charge in [-0.1, -0.05) is 23.2 Å². The van der Waals surface area contributed by atoms with Crippen molar-refractivity contribution in [2.24, 2.45) is 0 Å². The number of rotatable bonds is 8. The van der Waals surface area contributed by atoms with Crippen molar-refractivity contribution in [3.63, 3.8) is 0 Å². The van der Waals surface area contributed by atoms with Gasteiger partial charge in [0.15, 0.2) is 0 Å². The van der Waals surface area contributed by atoms with Crippen molar-refractivity contribution in [3.05, 3.63) is 57.6 Å². The van der Waals surface area contributed by atoms with Gasteiger partial charge in [0.1, 0.15) is 18.0 Å². The molecule has 0 amide bonds. The largest absolute Gasteiger partial charge is 0.480 e. The molecule has 0 aliphatic heterocycles. The summed E-state index contributed by atoms with van der Waals surface area (Å²) in [5.74, 6) is -0.553. The highest BCUT2D eigenvalue weighted by molar-refractivity contribution is 7.25. The fraction of sp³-hybridized carbons (Fsp3) is 0.235. The van der Waals surface area contributed by atoms with Crippen LogP contribution in [-0.2, 0) is 9.36 Å². The maximum Gasteiger partial charge on any atom is 0.398 e. The first-order chi connectivity index (χ1) is 12.2. The van der Waals surface area contributed by atoms with Gasteiger partial charge < -0.3 is 14.6 Å². The van der Waals surface area contributed by atoms with E-state index in [0.717, 1.165) is 11.1 Å². The molecule has 0 radical (unpaired) electrons. The normalized spacial score (nSPS) is 11.4. The molecule has 6 nitrogen and oxygen atoms in total. The highest BCUT2D eigenvalue weighted by atomic mass is 35.5. The van der Waals surface area contributed by atoms with Crippen LogP contribution in [0.4, 0.5) is 0 Å². The van der Waals surface area contributed by atoms with Crippen LogP contribution >= 0.6 is 31.7 Å². The number of benzene rings is 2. The molecule has 0 saturated heterocycles. The molecule has 2 aromatic rings. The molecule has 0 unspecified atom stereocenters. The summed E-state index contributed by atoms with van der Waals surface area (Å²) < 4.78 is 23.3. The third kappa shape index (κ3) is 5.32. The highest BCUT2D eigenvalue weighted by Gasteiger charge is 2.37. The van der Waals surface area contributed by atoms with E-state index >= 15 is 0 Å². The van der Waals surface area contributed by atoms with Crippen LogP contribution in [0.5, 0.6) is 11.5 Å². The van der Waals surface area contributed by atoms with E-state index in [4.69, 9.17) is 37.8 Å². The number of aryl methyl sites for hydroxylation is 2. The minimum atomic E-state index is -1.95. The minimum Gasteiger partial charge on any atom is -0.480 e. The number of carbonyl (C=O) groups is 1. The van der Waals surface area contributed by atoms with Gasteiger partial charge in [-0.25, -0.2) is 5.32 Å². The molecule has 26 heavy (non-hydrogen) atoms. The Labute approximate surface area is 162 Å². The predicted molar refractivity (Wildman–Crippen MR) is 99.6 cm³/mol. The van der Waals surface area contributed by atoms with Gasteiger partial charge in [-0.05, 0) is 61.4 Å². The second-order valence-corrected chi connectivity index (χ2v) is 7.03. The quantitative estimate of drug-likeness (QED) is 0.482. The monoisotopic (exact) mass is 415 g/mol. The maximum absolute atomic E-state index is 11.9. The van der Waals surface area contributed by atoms with Crippen LogP contribution in [0.3, 0.4) is 0 Å². The average Bonchev–Trinajstić information content (AvgIpc) is 2.59. The fourth-order valence-corrected chi connectivity index (χ4v) is 2.69. The molecular formula is C17H16Cl2NO5P. The van der Waals surface area contributed by atoms with Crippen molar-refractivity contribution >= 4 is 37.6 Å². The summed E-state index contributed by atoms with van der Waals surface area (Å²) in [6.07, 6.45) is 0. The Morgan fingerprint density at radius 1 is 1.08 bits per heavy atom. The molecule has 0 fully saturated rings. The van der Waals surface area contributed by atoms with Crippen molar-refractivity contribution in [2.75, 3.05) is 6.54 Å². The third-order valence-corrected chi connectivity index (χ3v) is 4.78. The first kappa shape index (κ1) is 20.5. The Balaban J connectivity index is 2.35. The molecule has 2 N–H and O–H groups in total. The van der Waals surface area contributed by atoms with Crippen LogP contribution in [-0.4, -0.2) is 23.3 Å². The van der Waals surface area contributed by atoms with Gasteiger partial charge in [-0.2, -0.15) is 0 Å². The smallest absolute Gasteiger partial charge is 0.398 e. The van der Waals surface area contributed by atoms with Crippen molar-refractivity contribution in [3.8, 4) is 11.5 Å². The zero-order valence-electron chi connectivity index (χ0n) is 14.0. The van der Waals surface area contributed by atoms with E-state index in [9.17, 15) is 9.36 Å². The Bertz CT molecular complexity index is 777. The van der Waals surface area contributed by atoms with Crippen LogP contribution in [0, 0.1) is 13.8 Å². The molecule has 0 aliphatic carbocycles. The van der Waals surface area contributed by atoms with Gasteiger partial charge in [-0.3, -0.25) is 9.36 Å². The van der Waals surface area contributed by atoms with Crippen molar-refractivity contribution in [2.45, 2.75) is 19.5 Å². The topological polar surface area (TPSA) is 84.9 Å². The number of ether oxygens (including phenoxy) is 2. The Morgan fingerprint density at radius 3 is 1.88 bits per heavy atom. The van der Waals surface area contributed by atoms with E-state index in [-0.39, 0.29) is 0 Å². The Kier molecular flexibility index (Phi) is 6.84. The predicted octanol–water partition coefficient (Wildman–Crippen LogP) is 4.65. The van der Waals surface area contributed by atoms with E-state index in [1.807, 2.05) is 0 Å². The molecule has 0 aliphatic rings. The van der Waals surface area contributed by atoms with Gasteiger partial charge in [0.05, 0.1) is 0 Å². The Hall–Kier alpha value is -1.85. The van der Waals surface area contributed by atoms with Crippen molar-refractivity contribution in [1.82, 2.24) is 5.32 Å². The number of hydrogen-bond acceptors (Lipinski definition) is 5. The Morgan fingerprint density at radius 2 is 1.54 bits per heavy atom. The van der Waals surface area contributed by atoms with Crippen LogP contribution < -0.4 is 14.8 Å². The molecule has 2 rings (SSSR count). The standard InChI is InChI=1S/C17H16Cl2NO5P/c1-10-7-12(3-5-14(10)18)24-17(26-23,20-9-16(21)22)25-13-4-6-15(19)11(2)8-13/h3-8,20H,9H2,1-2H3,(H,21,22). The van der Waals surface area contributed by atoms with E-state index in [1.165, 1.54) is 0 Å². The summed E-state index contributed by atoms with van der Waals surface area (Å²) in [6, 6.07) is 9.61. The SMILES string of the molecule is Cc1cc(OC(NCC(=O)O)(Oc2ccc(Cl)c(C)c2)P=O)ccc1Cl. The summed E-state index contributed by atoms with van der Waals surface area (Å²) in [4.78, 5) is 11.0. The van der Waals surface area contributed by atoms with E-state index in [1.54, 1.807) is 50.2 Å². The van der Waals surface area contributed by atoms with Crippen molar-refractivity contribution in [1.29, 1.82) is 0 Å². The molecule has 0 aromatic heterocycles. The van der Waals surface area contributed by atoms with Crippen LogP contribution in [0.25, 0.3) is 0 Å². The molecular weight excluding hydrogens is 400 g/mol. The second-order valence-electron chi connectivity index (χ2n) is 5.45. The van der Waals surface area contributed by atoms with Gasteiger partial charge in [0, 0.05) is 10.0 Å². The lowest BCUT2D eigenvalue weighted by molar-refractivity contribution is -0.139. The lowest BCUT2D eigenvalue weighted by Crippen LogP contribution is -2.52. The summed E-state index contributed by atoms with van der Waals surface area (Å²) in [5, 5.41) is 12.5. The molecule has 0 bridgehead atoms. The number of nitrogens with one attached hydrogen (secondary N) is 1. The first-order valence-electron chi connectivity index (χ1n) is 7.46. The summed E-state index contributed by atoms with van der Waals surface area (Å²) in [7, 11) is -0.621. The zero-order valence-corrected chi connectivity index (χ0v) is 16.4. The molecule has 9 heteroatoms. The van der Waals surface area contributed by atoms with E-state index in [0.29, 0.717) is 21.5 Å². The average molecular weight is 416 g/mol. The molecule has 0 saturated carbocycles. The molecule has 0 heterocycles. The van der Waals surface area contributed by atoms with Crippen LogP contribution in [0.1, 0.15) is 11.1 Å². The number of aliphatic carboxylic acids is 1. The number of hydrogen-bond donors (Lipinski definition) is 2. The van der Waals surface area contributed by atoms with Gasteiger partial charge in [-0.15, -0.1) is 0 Å². The fourth-order valence-electron chi connectivity index (χ4n) is 2.03. The highest BCUT2D eigenvalue weighted by Crippen LogP contribution is 2.32. The summed E-state index contributed by atoms with van der Waals surface area (Å²) in [6.45, 7) is 3.02. The molecule has 0 atom stereocenters. The molecule has 138 valence electrons. The van der Waals surface area contributed by atoms with Crippen LogP contribution in [0.2, 0.25) is 10.0 Å². The third-order valence-electron chi connectivity index (χ3n) is 3.35. The second kappa shape index (κ2) is 8.69. The van der Waals surface area contributed by atoms with Gasteiger partial charge >= 0.3 is 11.6 Å². The lowest BCUT2D eigenvalue weighted by Gasteiger charge is -2.29. The molecule has 0 spiro atoms. The van der Waals surface area contributed by atoms with E-state index < -0.39 is 26.6 Å². The van der Waals surface area contributed by atoms with Gasteiger partial charge in [0.2, 0.25) is 0 Å². The van der Waals surface area contributed by atoms with E-state index in [2.05, 4.69) is 5.32 Å². The van der Waals surface area contributed by atoms with Gasteiger partial charge in [0.25, 0.3) is 8.46 Å². The maximum atomic E-state index is 11.9. The molecule has 2 aromatic carbocycles.